The number of hydrogen-bond acceptors (Lipinski definition) is 12. The van der Waals surface area contributed by atoms with Gasteiger partial charge >= 0.3 is 23.9 Å². The second-order valence-electron chi connectivity index (χ2n) is 19.5. The van der Waals surface area contributed by atoms with Gasteiger partial charge in [-0.25, -0.2) is 0 Å². The van der Waals surface area contributed by atoms with Gasteiger partial charge in [-0.3, -0.25) is 19.2 Å². The number of ether oxygens (including phenoxy) is 4. The molecule has 0 fully saturated rings. The molecule has 61 heavy (non-hydrogen) atoms. The molecule has 354 valence electrons. The number of nitriles is 1. The zero-order valence-electron chi connectivity index (χ0n) is 40.6. The number of unbranched alkanes of at least 4 members (excludes halogenated alkanes) is 11. The Balaban J connectivity index is 6.67. The van der Waals surface area contributed by atoms with E-state index in [1.807, 2.05) is 6.92 Å². The first-order chi connectivity index (χ1) is 28.6. The Morgan fingerprint density at radius 2 is 1.10 bits per heavy atom. The normalized spacial score (nSPS) is 14.5. The predicted molar refractivity (Wildman–Crippen MR) is 258 cm³/mol. The fraction of sp³-hybridized carbons (Fsp3) is 0.878. The molecule has 0 aliphatic heterocycles. The molecule has 0 saturated carbocycles. The number of hydrogen-bond donors (Lipinski definition) is 0. The lowest BCUT2D eigenvalue weighted by Crippen LogP contribution is -2.37. The minimum Gasteiger partial charge on any atom is -0.465 e. The number of thiocarbonyl (C=S) groups is 1. The Labute approximate surface area is 386 Å². The van der Waals surface area contributed by atoms with E-state index in [0.717, 1.165) is 50.7 Å². The van der Waals surface area contributed by atoms with Crippen LogP contribution in [-0.4, -0.2) is 62.8 Å². The summed E-state index contributed by atoms with van der Waals surface area (Å²) >= 11 is 8.63. The summed E-state index contributed by atoms with van der Waals surface area (Å²) in [5, 5.41) is 9.11. The number of carbonyl (C=O) groups excluding carboxylic acids is 4. The summed E-state index contributed by atoms with van der Waals surface area (Å²) in [4.78, 5) is 56.2. The molecule has 0 saturated heterocycles. The molecular formula is C49H87NO8S3. The molecule has 0 bridgehead atoms. The van der Waals surface area contributed by atoms with Crippen LogP contribution >= 0.6 is 35.7 Å². The average molecular weight is 914 g/mol. The summed E-state index contributed by atoms with van der Waals surface area (Å²) in [6.45, 7) is 23.1. The Morgan fingerprint density at radius 1 is 0.607 bits per heavy atom. The van der Waals surface area contributed by atoms with E-state index in [1.54, 1.807) is 67.2 Å². The number of rotatable bonds is 33. The molecular weight excluding hydrogens is 827 g/mol. The molecule has 0 aromatic rings. The first-order valence-corrected chi connectivity index (χ1v) is 25.9. The van der Waals surface area contributed by atoms with Crippen molar-refractivity contribution in [2.75, 3.05) is 19.0 Å². The van der Waals surface area contributed by atoms with E-state index in [0.29, 0.717) is 9.95 Å². The molecule has 0 aliphatic rings. The third kappa shape index (κ3) is 30.8. The van der Waals surface area contributed by atoms with Crippen LogP contribution in [0.3, 0.4) is 0 Å². The number of carbonyl (C=O) groups is 4. The lowest BCUT2D eigenvalue weighted by Gasteiger charge is -2.31. The van der Waals surface area contributed by atoms with Crippen molar-refractivity contribution in [3.63, 3.8) is 0 Å². The van der Waals surface area contributed by atoms with Gasteiger partial charge in [0.05, 0.1) is 42.5 Å². The summed E-state index contributed by atoms with van der Waals surface area (Å²) in [5.74, 6) is -3.74. The number of nitrogens with zero attached hydrogens (tertiary/aromatic N) is 1. The van der Waals surface area contributed by atoms with E-state index >= 15 is 0 Å². The monoisotopic (exact) mass is 914 g/mol. The lowest BCUT2D eigenvalue weighted by atomic mass is 9.78. The molecule has 0 N–H and O–H groups in total. The first kappa shape index (κ1) is 59.2. The zero-order chi connectivity index (χ0) is 46.5. The Hall–Kier alpha value is -1.84. The highest BCUT2D eigenvalue weighted by molar-refractivity contribution is 8.47. The maximum absolute atomic E-state index is 14.4. The summed E-state index contributed by atoms with van der Waals surface area (Å²) < 4.78 is 24.2. The fourth-order valence-electron chi connectivity index (χ4n) is 6.94. The Morgan fingerprint density at radius 3 is 1.62 bits per heavy atom. The predicted octanol–water partition coefficient (Wildman–Crippen LogP) is 13.8. The van der Waals surface area contributed by atoms with E-state index in [9.17, 15) is 24.4 Å². The molecule has 5 unspecified atom stereocenters. The van der Waals surface area contributed by atoms with Crippen LogP contribution in [0, 0.1) is 40.4 Å². The van der Waals surface area contributed by atoms with Crippen LogP contribution in [0.15, 0.2) is 0 Å². The van der Waals surface area contributed by atoms with Crippen molar-refractivity contribution in [2.45, 2.75) is 228 Å². The summed E-state index contributed by atoms with van der Waals surface area (Å²) in [6, 6.07) is 2.29. The summed E-state index contributed by atoms with van der Waals surface area (Å²) in [7, 11) is 0. The van der Waals surface area contributed by atoms with Crippen LogP contribution in [0.4, 0.5) is 0 Å². The molecule has 0 rings (SSSR count). The van der Waals surface area contributed by atoms with Gasteiger partial charge < -0.3 is 18.9 Å². The molecule has 0 radical (unpaired) electrons. The van der Waals surface area contributed by atoms with Gasteiger partial charge in [-0.2, -0.15) is 5.26 Å². The molecule has 0 spiro atoms. The minimum atomic E-state index is -0.945. The Kier molecular flexibility index (Phi) is 31.8. The van der Waals surface area contributed by atoms with E-state index in [4.69, 9.17) is 31.2 Å². The molecule has 0 heterocycles. The summed E-state index contributed by atoms with van der Waals surface area (Å²) in [5.41, 5.74) is -2.53. The maximum atomic E-state index is 14.4. The molecule has 0 aliphatic carbocycles. The van der Waals surface area contributed by atoms with Crippen molar-refractivity contribution < 1.29 is 38.1 Å². The van der Waals surface area contributed by atoms with Gasteiger partial charge in [0.25, 0.3) is 0 Å². The molecule has 0 amide bonds. The van der Waals surface area contributed by atoms with Crippen LogP contribution in [0.5, 0.6) is 0 Å². The molecule has 9 nitrogen and oxygen atoms in total. The third-order valence-corrected chi connectivity index (χ3v) is 13.4. The second-order valence-corrected chi connectivity index (χ2v) is 23.0. The van der Waals surface area contributed by atoms with Crippen molar-refractivity contribution in [1.82, 2.24) is 0 Å². The van der Waals surface area contributed by atoms with Gasteiger partial charge in [-0.1, -0.05) is 135 Å². The smallest absolute Gasteiger partial charge is 0.320 e. The highest BCUT2D eigenvalue weighted by atomic mass is 32.2. The maximum Gasteiger partial charge on any atom is 0.320 e. The minimum absolute atomic E-state index is 0.000213. The van der Waals surface area contributed by atoms with Crippen molar-refractivity contribution in [3.8, 4) is 6.07 Å². The fourth-order valence-corrected chi connectivity index (χ4v) is 9.63. The molecule has 0 aromatic heterocycles. The van der Waals surface area contributed by atoms with Crippen LogP contribution in [-0.2, 0) is 38.1 Å². The molecule has 12 heteroatoms. The van der Waals surface area contributed by atoms with Crippen molar-refractivity contribution >= 4 is 63.1 Å². The van der Waals surface area contributed by atoms with Crippen LogP contribution in [0.1, 0.15) is 212 Å². The lowest BCUT2D eigenvalue weighted by molar-refractivity contribution is -0.163. The highest BCUT2D eigenvalue weighted by Crippen LogP contribution is 2.37. The number of esters is 4. The van der Waals surface area contributed by atoms with E-state index in [-0.39, 0.29) is 44.8 Å². The van der Waals surface area contributed by atoms with E-state index in [2.05, 4.69) is 26.8 Å². The van der Waals surface area contributed by atoms with E-state index < -0.39 is 63.5 Å². The quantitative estimate of drug-likeness (QED) is 0.0269. The Bertz CT molecular complexity index is 1300. The first-order valence-electron chi connectivity index (χ1n) is 23.6. The van der Waals surface area contributed by atoms with Crippen molar-refractivity contribution in [2.24, 2.45) is 29.1 Å². The third-order valence-electron chi connectivity index (χ3n) is 10.5. The van der Waals surface area contributed by atoms with Gasteiger partial charge in [-0.15, -0.1) is 11.8 Å². The van der Waals surface area contributed by atoms with Crippen LogP contribution in [0.2, 0.25) is 0 Å². The SMILES string of the molecule is CCCCCCCCCCCCSC(=S)SC(CC(CC(CC(CC(C)(C)C#N)C(=O)OCCCC)C(=O)OC(C)(C)C)C(=O)OCC(CC)CCCC)C(=O)OC(C)(C)C. The molecule has 5 atom stereocenters. The zero-order valence-corrected chi connectivity index (χ0v) is 43.0. The largest absolute Gasteiger partial charge is 0.465 e. The standard InChI is InChI=1S/C49H87NO8S3/c1-13-17-20-21-22-23-24-25-26-27-30-60-46(59)61-41(45(54)58-48(8,9)10)33-39(42(51)56-35-37(16-4)28-18-14-2)31-38(44(53)57-47(5,6)7)32-40(34-49(11,12)36-50)43(52)55-29-19-15-3/h37-41H,13-35H2,1-12H3. The van der Waals surface area contributed by atoms with Gasteiger partial charge in [-0.05, 0) is 112 Å². The van der Waals surface area contributed by atoms with Crippen molar-refractivity contribution in [3.05, 3.63) is 0 Å². The number of thioether (sulfide) groups is 2. The average Bonchev–Trinajstić information content (AvgIpc) is 3.17. The van der Waals surface area contributed by atoms with Crippen molar-refractivity contribution in [1.29, 1.82) is 5.26 Å². The highest BCUT2D eigenvalue weighted by Gasteiger charge is 2.40. The van der Waals surface area contributed by atoms with Gasteiger partial charge in [0, 0.05) is 0 Å². The van der Waals surface area contributed by atoms with Gasteiger partial charge in [0.2, 0.25) is 0 Å². The van der Waals surface area contributed by atoms with E-state index in [1.165, 1.54) is 63.1 Å². The molecule has 0 aromatic carbocycles. The van der Waals surface area contributed by atoms with Gasteiger partial charge in [0.15, 0.2) is 0 Å². The van der Waals surface area contributed by atoms with Crippen LogP contribution < -0.4 is 0 Å². The van der Waals surface area contributed by atoms with Crippen LogP contribution in [0.25, 0.3) is 0 Å². The van der Waals surface area contributed by atoms with Gasteiger partial charge in [0.1, 0.15) is 20.0 Å². The topological polar surface area (TPSA) is 129 Å². The summed E-state index contributed by atoms with van der Waals surface area (Å²) in [6.07, 6.45) is 17.8. The second kappa shape index (κ2) is 32.8.